The molecule has 0 aromatic heterocycles. The van der Waals surface area contributed by atoms with E-state index < -0.39 is 0 Å². The molecule has 1 amide bonds. The van der Waals surface area contributed by atoms with Gasteiger partial charge in [0.25, 0.3) is 0 Å². The lowest BCUT2D eigenvalue weighted by Crippen LogP contribution is -2.31. The molecule has 1 N–H and O–H groups in total. The molecule has 0 fully saturated rings. The van der Waals surface area contributed by atoms with Crippen molar-refractivity contribution in [3.63, 3.8) is 0 Å². The van der Waals surface area contributed by atoms with E-state index in [4.69, 9.17) is 4.74 Å². The maximum absolute atomic E-state index is 12.1. The lowest BCUT2D eigenvalue weighted by atomic mass is 10.0. The van der Waals surface area contributed by atoms with Crippen LogP contribution >= 0.6 is 0 Å². The SMILES string of the molecule is COCC(C)CC(=O)N(C)C(C)c1ccc(O)cc1. The number of phenols is 1. The predicted octanol–water partition coefficient (Wildman–Crippen LogP) is 2.58. The van der Waals surface area contributed by atoms with E-state index in [9.17, 15) is 9.90 Å². The van der Waals surface area contributed by atoms with Gasteiger partial charge in [0.2, 0.25) is 5.91 Å². The number of hydrogen-bond donors (Lipinski definition) is 1. The van der Waals surface area contributed by atoms with Crippen molar-refractivity contribution in [3.8, 4) is 5.75 Å². The third-order valence-electron chi connectivity index (χ3n) is 3.32. The minimum absolute atomic E-state index is 0.0113. The Morgan fingerprint density at radius 1 is 1.32 bits per heavy atom. The summed E-state index contributed by atoms with van der Waals surface area (Å²) < 4.78 is 5.04. The van der Waals surface area contributed by atoms with Crippen LogP contribution in [0, 0.1) is 5.92 Å². The Morgan fingerprint density at radius 2 is 1.89 bits per heavy atom. The average Bonchev–Trinajstić information content (AvgIpc) is 2.38. The van der Waals surface area contributed by atoms with Crippen LogP contribution in [0.15, 0.2) is 24.3 Å². The summed E-state index contributed by atoms with van der Waals surface area (Å²) in [6.07, 6.45) is 0.479. The Hall–Kier alpha value is -1.55. The molecule has 0 aliphatic heterocycles. The van der Waals surface area contributed by atoms with Crippen LogP contribution in [0.2, 0.25) is 0 Å². The molecule has 0 radical (unpaired) electrons. The molecule has 4 heteroatoms. The molecular weight excluding hydrogens is 242 g/mol. The molecule has 1 rings (SSSR count). The van der Waals surface area contributed by atoms with Gasteiger partial charge >= 0.3 is 0 Å². The highest BCUT2D eigenvalue weighted by Crippen LogP contribution is 2.22. The lowest BCUT2D eigenvalue weighted by molar-refractivity contribution is -0.133. The molecule has 2 unspecified atom stereocenters. The van der Waals surface area contributed by atoms with E-state index in [1.54, 1.807) is 31.2 Å². The number of nitrogens with zero attached hydrogens (tertiary/aromatic N) is 1. The molecular formula is C15H23NO3. The molecule has 0 spiro atoms. The van der Waals surface area contributed by atoms with Gasteiger partial charge < -0.3 is 14.7 Å². The smallest absolute Gasteiger partial charge is 0.223 e. The zero-order valence-electron chi connectivity index (χ0n) is 12.1. The number of phenolic OH excluding ortho intramolecular Hbond substituents is 1. The standard InChI is InChI=1S/C15H23NO3/c1-11(10-19-4)9-15(18)16(3)12(2)13-5-7-14(17)8-6-13/h5-8,11-12,17H,9-10H2,1-4H3. The van der Waals surface area contributed by atoms with Crippen molar-refractivity contribution < 1.29 is 14.6 Å². The van der Waals surface area contributed by atoms with Gasteiger partial charge in [-0.3, -0.25) is 4.79 Å². The molecule has 4 nitrogen and oxygen atoms in total. The zero-order valence-corrected chi connectivity index (χ0v) is 12.1. The molecule has 0 aliphatic carbocycles. The molecule has 0 aliphatic rings. The number of methoxy groups -OCH3 is 1. The monoisotopic (exact) mass is 265 g/mol. The summed E-state index contributed by atoms with van der Waals surface area (Å²) >= 11 is 0. The summed E-state index contributed by atoms with van der Waals surface area (Å²) in [5.74, 6) is 0.552. The summed E-state index contributed by atoms with van der Waals surface area (Å²) in [7, 11) is 3.45. The van der Waals surface area contributed by atoms with Gasteiger partial charge in [-0.15, -0.1) is 0 Å². The van der Waals surface area contributed by atoms with Crippen molar-refractivity contribution >= 4 is 5.91 Å². The van der Waals surface area contributed by atoms with Crippen LogP contribution in [0.5, 0.6) is 5.75 Å². The van der Waals surface area contributed by atoms with Gasteiger partial charge in [-0.1, -0.05) is 19.1 Å². The second-order valence-corrected chi connectivity index (χ2v) is 5.04. The quantitative estimate of drug-likeness (QED) is 0.860. The average molecular weight is 265 g/mol. The van der Waals surface area contributed by atoms with E-state index in [0.29, 0.717) is 13.0 Å². The Balaban J connectivity index is 2.63. The molecule has 0 bridgehead atoms. The largest absolute Gasteiger partial charge is 0.508 e. The third kappa shape index (κ3) is 4.56. The summed E-state index contributed by atoms with van der Waals surface area (Å²) in [5.41, 5.74) is 1.01. The fourth-order valence-electron chi connectivity index (χ4n) is 1.98. The Labute approximate surface area is 115 Å². The second kappa shape index (κ2) is 7.14. The number of amides is 1. The van der Waals surface area contributed by atoms with Crippen LogP contribution in [-0.4, -0.2) is 36.7 Å². The molecule has 0 saturated heterocycles. The van der Waals surface area contributed by atoms with Crippen molar-refractivity contribution in [2.75, 3.05) is 20.8 Å². The van der Waals surface area contributed by atoms with Gasteiger partial charge in [-0.05, 0) is 30.5 Å². The number of ether oxygens (including phenoxy) is 1. The maximum atomic E-state index is 12.1. The zero-order chi connectivity index (χ0) is 14.4. The van der Waals surface area contributed by atoms with Crippen molar-refractivity contribution in [1.82, 2.24) is 4.90 Å². The van der Waals surface area contributed by atoms with Crippen LogP contribution in [0.4, 0.5) is 0 Å². The van der Waals surface area contributed by atoms with Gasteiger partial charge in [-0.25, -0.2) is 0 Å². The van der Waals surface area contributed by atoms with Crippen LogP contribution in [0.3, 0.4) is 0 Å². The summed E-state index contributed by atoms with van der Waals surface area (Å²) in [4.78, 5) is 13.9. The number of carbonyl (C=O) groups is 1. The van der Waals surface area contributed by atoms with Crippen molar-refractivity contribution in [3.05, 3.63) is 29.8 Å². The van der Waals surface area contributed by atoms with Crippen molar-refractivity contribution in [1.29, 1.82) is 0 Å². The maximum Gasteiger partial charge on any atom is 0.223 e. The Kier molecular flexibility index (Phi) is 5.83. The van der Waals surface area contributed by atoms with Gasteiger partial charge in [0, 0.05) is 27.2 Å². The molecule has 1 aromatic carbocycles. The van der Waals surface area contributed by atoms with Gasteiger partial charge in [-0.2, -0.15) is 0 Å². The Morgan fingerprint density at radius 3 is 2.42 bits per heavy atom. The third-order valence-corrected chi connectivity index (χ3v) is 3.32. The summed E-state index contributed by atoms with van der Waals surface area (Å²) in [6.45, 7) is 4.57. The van der Waals surface area contributed by atoms with Gasteiger partial charge in [0.15, 0.2) is 0 Å². The highest BCUT2D eigenvalue weighted by molar-refractivity contribution is 5.76. The first-order valence-corrected chi connectivity index (χ1v) is 6.49. The van der Waals surface area contributed by atoms with Gasteiger partial charge in [0.1, 0.15) is 5.75 Å². The number of aromatic hydroxyl groups is 1. The minimum Gasteiger partial charge on any atom is -0.508 e. The number of carbonyl (C=O) groups excluding carboxylic acids is 1. The highest BCUT2D eigenvalue weighted by atomic mass is 16.5. The minimum atomic E-state index is -0.0113. The Bertz CT molecular complexity index is 402. The second-order valence-electron chi connectivity index (χ2n) is 5.04. The first-order chi connectivity index (χ1) is 8.95. The molecule has 0 saturated carbocycles. The van der Waals surface area contributed by atoms with Gasteiger partial charge in [0.05, 0.1) is 6.04 Å². The van der Waals surface area contributed by atoms with Crippen molar-refractivity contribution in [2.24, 2.45) is 5.92 Å². The van der Waals surface area contributed by atoms with Crippen LogP contribution in [0.25, 0.3) is 0 Å². The highest BCUT2D eigenvalue weighted by Gasteiger charge is 2.19. The molecule has 106 valence electrons. The number of hydrogen-bond acceptors (Lipinski definition) is 3. The van der Waals surface area contributed by atoms with Crippen LogP contribution in [-0.2, 0) is 9.53 Å². The summed E-state index contributed by atoms with van der Waals surface area (Å²) in [6, 6.07) is 6.93. The number of benzene rings is 1. The normalized spacial score (nSPS) is 13.9. The fraction of sp³-hybridized carbons (Fsp3) is 0.533. The first-order valence-electron chi connectivity index (χ1n) is 6.49. The van der Waals surface area contributed by atoms with E-state index in [1.165, 1.54) is 0 Å². The van der Waals surface area contributed by atoms with E-state index >= 15 is 0 Å². The lowest BCUT2D eigenvalue weighted by Gasteiger charge is -2.26. The van der Waals surface area contributed by atoms with E-state index in [2.05, 4.69) is 0 Å². The predicted molar refractivity (Wildman–Crippen MR) is 74.9 cm³/mol. The van der Waals surface area contributed by atoms with Crippen molar-refractivity contribution in [2.45, 2.75) is 26.3 Å². The van der Waals surface area contributed by atoms with E-state index in [1.807, 2.05) is 26.0 Å². The molecule has 0 heterocycles. The molecule has 19 heavy (non-hydrogen) atoms. The topological polar surface area (TPSA) is 49.8 Å². The molecule has 2 atom stereocenters. The van der Waals surface area contributed by atoms with E-state index in [0.717, 1.165) is 5.56 Å². The van der Waals surface area contributed by atoms with Crippen LogP contribution in [0.1, 0.15) is 31.9 Å². The number of rotatable bonds is 6. The summed E-state index contributed by atoms with van der Waals surface area (Å²) in [5, 5.41) is 9.27. The van der Waals surface area contributed by atoms with Crippen LogP contribution < -0.4 is 0 Å². The molecule has 1 aromatic rings. The first kappa shape index (κ1) is 15.5. The van der Waals surface area contributed by atoms with E-state index in [-0.39, 0.29) is 23.6 Å². The fourth-order valence-corrected chi connectivity index (χ4v) is 1.98.